The fraction of sp³-hybridized carbons (Fsp3) is 0.500. The SMILES string of the molecule is O=C(NCCCNc1ccccn1)C1CSCN1. The molecule has 1 aliphatic rings. The summed E-state index contributed by atoms with van der Waals surface area (Å²) in [5.41, 5.74) is 0. The van der Waals surface area contributed by atoms with Crippen molar-refractivity contribution in [1.82, 2.24) is 15.6 Å². The van der Waals surface area contributed by atoms with Gasteiger partial charge in [-0.3, -0.25) is 10.1 Å². The van der Waals surface area contributed by atoms with E-state index in [1.165, 1.54) is 0 Å². The van der Waals surface area contributed by atoms with Crippen LogP contribution in [-0.4, -0.2) is 41.7 Å². The first kappa shape index (κ1) is 13.2. The zero-order valence-corrected chi connectivity index (χ0v) is 11.0. The highest BCUT2D eigenvalue weighted by Crippen LogP contribution is 2.09. The van der Waals surface area contributed by atoms with Crippen molar-refractivity contribution >= 4 is 23.5 Å². The van der Waals surface area contributed by atoms with Gasteiger partial charge in [-0.05, 0) is 18.6 Å². The van der Waals surface area contributed by atoms with E-state index in [2.05, 4.69) is 20.9 Å². The van der Waals surface area contributed by atoms with E-state index in [0.717, 1.165) is 30.4 Å². The van der Waals surface area contributed by atoms with Crippen LogP contribution in [0.3, 0.4) is 0 Å². The third-order valence-corrected chi connectivity index (χ3v) is 3.60. The van der Waals surface area contributed by atoms with Crippen molar-refractivity contribution in [3.05, 3.63) is 24.4 Å². The molecule has 3 N–H and O–H groups in total. The van der Waals surface area contributed by atoms with E-state index in [1.54, 1.807) is 18.0 Å². The summed E-state index contributed by atoms with van der Waals surface area (Å²) in [5.74, 6) is 2.73. The Morgan fingerprint density at radius 2 is 2.44 bits per heavy atom. The van der Waals surface area contributed by atoms with Crippen LogP contribution in [0.4, 0.5) is 5.82 Å². The Morgan fingerprint density at radius 1 is 1.50 bits per heavy atom. The Hall–Kier alpha value is -1.27. The van der Waals surface area contributed by atoms with E-state index in [1.807, 2.05) is 18.2 Å². The maximum Gasteiger partial charge on any atom is 0.238 e. The highest BCUT2D eigenvalue weighted by molar-refractivity contribution is 7.99. The minimum absolute atomic E-state index is 0.0150. The Morgan fingerprint density at radius 3 is 3.17 bits per heavy atom. The van der Waals surface area contributed by atoms with Crippen molar-refractivity contribution in [2.75, 3.05) is 30.0 Å². The second-order valence-electron chi connectivity index (χ2n) is 4.06. The van der Waals surface area contributed by atoms with Crippen LogP contribution in [0, 0.1) is 0 Å². The molecule has 1 aliphatic heterocycles. The van der Waals surface area contributed by atoms with Crippen LogP contribution in [0.2, 0.25) is 0 Å². The highest BCUT2D eigenvalue weighted by Gasteiger charge is 2.21. The fourth-order valence-corrected chi connectivity index (χ4v) is 2.61. The molecular weight excluding hydrogens is 248 g/mol. The van der Waals surface area contributed by atoms with Gasteiger partial charge in [0.05, 0.1) is 6.04 Å². The molecule has 0 aliphatic carbocycles. The van der Waals surface area contributed by atoms with Crippen molar-refractivity contribution in [2.45, 2.75) is 12.5 Å². The molecule has 0 saturated carbocycles. The van der Waals surface area contributed by atoms with Crippen LogP contribution < -0.4 is 16.0 Å². The lowest BCUT2D eigenvalue weighted by molar-refractivity contribution is -0.122. The largest absolute Gasteiger partial charge is 0.370 e. The lowest BCUT2D eigenvalue weighted by Crippen LogP contribution is -2.42. The van der Waals surface area contributed by atoms with Gasteiger partial charge in [0.15, 0.2) is 0 Å². The van der Waals surface area contributed by atoms with E-state index in [-0.39, 0.29) is 11.9 Å². The number of aromatic nitrogens is 1. The Balaban J connectivity index is 1.54. The third-order valence-electron chi connectivity index (χ3n) is 2.66. The molecular formula is C12H18N4OS. The number of carbonyl (C=O) groups is 1. The van der Waals surface area contributed by atoms with Gasteiger partial charge in [0.2, 0.25) is 5.91 Å². The number of anilines is 1. The van der Waals surface area contributed by atoms with Crippen molar-refractivity contribution in [2.24, 2.45) is 0 Å². The van der Waals surface area contributed by atoms with Gasteiger partial charge in [-0.2, -0.15) is 0 Å². The first-order valence-electron chi connectivity index (χ1n) is 6.10. The first-order valence-corrected chi connectivity index (χ1v) is 7.25. The van der Waals surface area contributed by atoms with Crippen molar-refractivity contribution in [3.8, 4) is 0 Å². The number of nitrogens with one attached hydrogen (secondary N) is 3. The monoisotopic (exact) mass is 266 g/mol. The van der Waals surface area contributed by atoms with Gasteiger partial charge in [0.25, 0.3) is 0 Å². The molecule has 0 spiro atoms. The van der Waals surface area contributed by atoms with Crippen molar-refractivity contribution < 1.29 is 4.79 Å². The average Bonchev–Trinajstić information content (AvgIpc) is 2.93. The van der Waals surface area contributed by atoms with Gasteiger partial charge in [0.1, 0.15) is 5.82 Å². The Bertz CT molecular complexity index is 368. The molecule has 2 rings (SSSR count). The summed E-state index contributed by atoms with van der Waals surface area (Å²) >= 11 is 1.76. The summed E-state index contributed by atoms with van der Waals surface area (Å²) in [6, 6.07) is 5.75. The van der Waals surface area contributed by atoms with E-state index >= 15 is 0 Å². The Labute approximate surface area is 111 Å². The van der Waals surface area contributed by atoms with Crippen LogP contribution >= 0.6 is 11.8 Å². The molecule has 0 aromatic carbocycles. The van der Waals surface area contributed by atoms with E-state index in [0.29, 0.717) is 6.54 Å². The second-order valence-corrected chi connectivity index (χ2v) is 5.09. The molecule has 1 aromatic rings. The summed E-state index contributed by atoms with van der Waals surface area (Å²) in [4.78, 5) is 15.8. The van der Waals surface area contributed by atoms with Gasteiger partial charge in [-0.1, -0.05) is 6.07 Å². The van der Waals surface area contributed by atoms with Crippen molar-refractivity contribution in [3.63, 3.8) is 0 Å². The predicted octanol–water partition coefficient (Wildman–Crippen LogP) is 0.662. The topological polar surface area (TPSA) is 66.0 Å². The summed E-state index contributed by atoms with van der Waals surface area (Å²) in [5, 5.41) is 9.29. The smallest absolute Gasteiger partial charge is 0.238 e. The predicted molar refractivity (Wildman–Crippen MR) is 74.6 cm³/mol. The van der Waals surface area contributed by atoms with E-state index in [4.69, 9.17) is 0 Å². The summed E-state index contributed by atoms with van der Waals surface area (Å²) in [6.45, 7) is 1.51. The maximum absolute atomic E-state index is 11.7. The quantitative estimate of drug-likeness (QED) is 0.660. The molecule has 6 heteroatoms. The zero-order valence-electron chi connectivity index (χ0n) is 10.2. The summed E-state index contributed by atoms with van der Waals surface area (Å²) < 4.78 is 0. The van der Waals surface area contributed by atoms with Gasteiger partial charge < -0.3 is 10.6 Å². The molecule has 1 unspecified atom stereocenters. The van der Waals surface area contributed by atoms with E-state index in [9.17, 15) is 4.79 Å². The highest BCUT2D eigenvalue weighted by atomic mass is 32.2. The van der Waals surface area contributed by atoms with Crippen LogP contribution in [-0.2, 0) is 4.79 Å². The molecule has 0 bridgehead atoms. The van der Waals surface area contributed by atoms with Crippen LogP contribution in [0.5, 0.6) is 0 Å². The number of hydrogen-bond donors (Lipinski definition) is 3. The third kappa shape index (κ3) is 4.19. The molecule has 1 fully saturated rings. The molecule has 1 amide bonds. The fourth-order valence-electron chi connectivity index (χ4n) is 1.67. The number of nitrogens with zero attached hydrogens (tertiary/aromatic N) is 1. The van der Waals surface area contributed by atoms with Gasteiger partial charge in [-0.25, -0.2) is 4.98 Å². The summed E-state index contributed by atoms with van der Waals surface area (Å²) in [6.07, 6.45) is 2.65. The molecule has 1 saturated heterocycles. The van der Waals surface area contributed by atoms with Crippen molar-refractivity contribution in [1.29, 1.82) is 0 Å². The standard InChI is InChI=1S/C12H18N4OS/c17-12(10-8-18-9-16-10)15-7-3-6-14-11-4-1-2-5-13-11/h1-2,4-5,10,16H,3,6-9H2,(H,13,14)(H,15,17). The van der Waals surface area contributed by atoms with Gasteiger partial charge in [0, 0.05) is 30.9 Å². The lowest BCUT2D eigenvalue weighted by Gasteiger charge is -2.10. The molecule has 18 heavy (non-hydrogen) atoms. The molecule has 2 heterocycles. The van der Waals surface area contributed by atoms with Gasteiger partial charge >= 0.3 is 0 Å². The normalized spacial score (nSPS) is 18.6. The molecule has 1 atom stereocenters. The number of pyridine rings is 1. The molecule has 98 valence electrons. The minimum atomic E-state index is -0.0150. The number of carbonyl (C=O) groups excluding carboxylic acids is 1. The molecule has 0 radical (unpaired) electrons. The lowest BCUT2D eigenvalue weighted by atomic mass is 10.3. The molecule has 5 nitrogen and oxygen atoms in total. The second kappa shape index (κ2) is 7.23. The number of hydrogen-bond acceptors (Lipinski definition) is 5. The number of thioether (sulfide) groups is 1. The van der Waals surface area contributed by atoms with E-state index < -0.39 is 0 Å². The number of rotatable bonds is 6. The average molecular weight is 266 g/mol. The van der Waals surface area contributed by atoms with Crippen LogP contribution in [0.15, 0.2) is 24.4 Å². The van der Waals surface area contributed by atoms with Crippen LogP contribution in [0.1, 0.15) is 6.42 Å². The summed E-state index contributed by atoms with van der Waals surface area (Å²) in [7, 11) is 0. The van der Waals surface area contributed by atoms with Crippen LogP contribution in [0.25, 0.3) is 0 Å². The minimum Gasteiger partial charge on any atom is -0.370 e. The first-order chi connectivity index (χ1) is 8.86. The zero-order chi connectivity index (χ0) is 12.6. The molecule has 1 aromatic heterocycles. The van der Waals surface area contributed by atoms with Gasteiger partial charge in [-0.15, -0.1) is 11.8 Å². The Kier molecular flexibility index (Phi) is 5.29. The maximum atomic E-state index is 11.7. The number of amides is 1.